The van der Waals surface area contributed by atoms with E-state index in [1.807, 2.05) is 32.9 Å². The van der Waals surface area contributed by atoms with Crippen LogP contribution in [0, 0.1) is 0 Å². The first-order valence-electron chi connectivity index (χ1n) is 8.78. The van der Waals surface area contributed by atoms with Crippen LogP contribution in [-0.4, -0.2) is 16.3 Å². The molecule has 1 atom stereocenters. The van der Waals surface area contributed by atoms with Crippen LogP contribution in [0.5, 0.6) is 0 Å². The Bertz CT molecular complexity index is 872. The SMILES string of the molecule is CC[C@H](c1ccccc1)c1ccc2ccn(C(=O)OC(C)(C)C)c2c1. The van der Waals surface area contributed by atoms with Crippen molar-refractivity contribution >= 4 is 17.0 Å². The van der Waals surface area contributed by atoms with Gasteiger partial charge in [-0.25, -0.2) is 4.79 Å². The zero-order valence-electron chi connectivity index (χ0n) is 15.3. The first-order chi connectivity index (χ1) is 11.9. The maximum Gasteiger partial charge on any atom is 0.418 e. The van der Waals surface area contributed by atoms with Crippen molar-refractivity contribution < 1.29 is 9.53 Å². The zero-order valence-corrected chi connectivity index (χ0v) is 15.3. The van der Waals surface area contributed by atoms with Crippen molar-refractivity contribution in [3.8, 4) is 0 Å². The second-order valence-electron chi connectivity index (χ2n) is 7.36. The van der Waals surface area contributed by atoms with Gasteiger partial charge in [0.25, 0.3) is 0 Å². The molecule has 0 aliphatic heterocycles. The number of fused-ring (bicyclic) bond motifs is 1. The number of rotatable bonds is 3. The molecule has 130 valence electrons. The molecular formula is C22H25NO2. The lowest BCUT2D eigenvalue weighted by molar-refractivity contribution is 0.0544. The van der Waals surface area contributed by atoms with Gasteiger partial charge in [-0.2, -0.15) is 0 Å². The number of carbonyl (C=O) groups excluding carboxylic acids is 1. The highest BCUT2D eigenvalue weighted by molar-refractivity contribution is 5.90. The number of nitrogens with zero attached hydrogens (tertiary/aromatic N) is 1. The molecule has 0 aliphatic rings. The van der Waals surface area contributed by atoms with Crippen LogP contribution < -0.4 is 0 Å². The van der Waals surface area contributed by atoms with E-state index in [9.17, 15) is 4.79 Å². The van der Waals surface area contributed by atoms with Gasteiger partial charge in [-0.15, -0.1) is 0 Å². The van der Waals surface area contributed by atoms with Crippen LogP contribution in [-0.2, 0) is 4.74 Å². The molecule has 3 rings (SSSR count). The van der Waals surface area contributed by atoms with E-state index >= 15 is 0 Å². The van der Waals surface area contributed by atoms with Crippen LogP contribution in [0.15, 0.2) is 60.8 Å². The fraction of sp³-hybridized carbons (Fsp3) is 0.318. The summed E-state index contributed by atoms with van der Waals surface area (Å²) >= 11 is 0. The molecule has 0 saturated heterocycles. The predicted octanol–water partition coefficient (Wildman–Crippen LogP) is 5.97. The van der Waals surface area contributed by atoms with Gasteiger partial charge in [0.05, 0.1) is 5.52 Å². The molecule has 0 aliphatic carbocycles. The van der Waals surface area contributed by atoms with Crippen molar-refractivity contribution in [1.82, 2.24) is 4.57 Å². The highest BCUT2D eigenvalue weighted by atomic mass is 16.6. The van der Waals surface area contributed by atoms with Gasteiger partial charge in [-0.05, 0) is 50.5 Å². The molecule has 0 unspecified atom stereocenters. The summed E-state index contributed by atoms with van der Waals surface area (Å²) in [5, 5.41) is 1.04. The number of carbonyl (C=O) groups is 1. The van der Waals surface area contributed by atoms with E-state index in [0.717, 1.165) is 17.3 Å². The van der Waals surface area contributed by atoms with Crippen molar-refractivity contribution in [3.63, 3.8) is 0 Å². The maximum absolute atomic E-state index is 12.5. The molecule has 0 radical (unpaired) electrons. The molecule has 0 N–H and O–H groups in total. The Labute approximate surface area is 149 Å². The van der Waals surface area contributed by atoms with E-state index < -0.39 is 5.60 Å². The second kappa shape index (κ2) is 6.75. The van der Waals surface area contributed by atoms with E-state index in [2.05, 4.69) is 49.4 Å². The van der Waals surface area contributed by atoms with Gasteiger partial charge in [0.2, 0.25) is 0 Å². The smallest absolute Gasteiger partial charge is 0.418 e. The Morgan fingerprint density at radius 1 is 1.04 bits per heavy atom. The molecule has 3 nitrogen and oxygen atoms in total. The summed E-state index contributed by atoms with van der Waals surface area (Å²) < 4.78 is 7.12. The van der Waals surface area contributed by atoms with Gasteiger partial charge < -0.3 is 4.74 Å². The van der Waals surface area contributed by atoms with Gasteiger partial charge in [0.1, 0.15) is 5.60 Å². The minimum atomic E-state index is -0.513. The molecule has 25 heavy (non-hydrogen) atoms. The summed E-state index contributed by atoms with van der Waals surface area (Å²) in [5.41, 5.74) is 2.88. The van der Waals surface area contributed by atoms with Crippen LogP contribution >= 0.6 is 0 Å². The minimum absolute atomic E-state index is 0.313. The Hall–Kier alpha value is -2.55. The predicted molar refractivity (Wildman–Crippen MR) is 102 cm³/mol. The average molecular weight is 335 g/mol. The van der Waals surface area contributed by atoms with Crippen LogP contribution in [0.1, 0.15) is 51.2 Å². The summed E-state index contributed by atoms with van der Waals surface area (Å²) in [7, 11) is 0. The van der Waals surface area contributed by atoms with Crippen LogP contribution in [0.3, 0.4) is 0 Å². The average Bonchev–Trinajstić information content (AvgIpc) is 2.98. The Balaban J connectivity index is 2.01. The van der Waals surface area contributed by atoms with Crippen LogP contribution in [0.4, 0.5) is 4.79 Å². The Morgan fingerprint density at radius 2 is 1.76 bits per heavy atom. The van der Waals surface area contributed by atoms with Crippen molar-refractivity contribution in [1.29, 1.82) is 0 Å². The van der Waals surface area contributed by atoms with Crippen molar-refractivity contribution in [3.05, 3.63) is 71.9 Å². The fourth-order valence-electron chi connectivity index (χ4n) is 3.18. The lowest BCUT2D eigenvalue weighted by Gasteiger charge is -2.20. The molecule has 2 aromatic carbocycles. The second-order valence-corrected chi connectivity index (χ2v) is 7.36. The lowest BCUT2D eigenvalue weighted by atomic mass is 9.89. The Kier molecular flexibility index (Phi) is 4.67. The van der Waals surface area contributed by atoms with Gasteiger partial charge >= 0.3 is 6.09 Å². The lowest BCUT2D eigenvalue weighted by Crippen LogP contribution is -2.26. The van der Waals surface area contributed by atoms with E-state index in [0.29, 0.717) is 5.92 Å². The summed E-state index contributed by atoms with van der Waals surface area (Å²) in [4.78, 5) is 12.5. The largest absolute Gasteiger partial charge is 0.443 e. The van der Waals surface area contributed by atoms with E-state index in [1.165, 1.54) is 11.1 Å². The molecule has 0 saturated carbocycles. The number of hydrogen-bond donors (Lipinski definition) is 0. The minimum Gasteiger partial charge on any atom is -0.443 e. The number of aromatic nitrogens is 1. The van der Waals surface area contributed by atoms with Crippen LogP contribution in [0.25, 0.3) is 10.9 Å². The van der Waals surface area contributed by atoms with Crippen molar-refractivity contribution in [2.45, 2.75) is 45.6 Å². The number of benzene rings is 2. The maximum atomic E-state index is 12.5. The fourth-order valence-corrected chi connectivity index (χ4v) is 3.18. The summed E-state index contributed by atoms with van der Waals surface area (Å²) in [6.07, 6.45) is 2.45. The Morgan fingerprint density at radius 3 is 2.40 bits per heavy atom. The first-order valence-corrected chi connectivity index (χ1v) is 8.78. The zero-order chi connectivity index (χ0) is 18.0. The van der Waals surface area contributed by atoms with Crippen LogP contribution in [0.2, 0.25) is 0 Å². The number of ether oxygens (including phenoxy) is 1. The molecule has 1 aromatic heterocycles. The van der Waals surface area contributed by atoms with Crippen molar-refractivity contribution in [2.24, 2.45) is 0 Å². The van der Waals surface area contributed by atoms with Gasteiger partial charge in [-0.3, -0.25) is 4.57 Å². The highest BCUT2D eigenvalue weighted by Gasteiger charge is 2.20. The highest BCUT2D eigenvalue weighted by Crippen LogP contribution is 2.30. The summed E-state index contributed by atoms with van der Waals surface area (Å²) in [6.45, 7) is 7.83. The van der Waals surface area contributed by atoms with Gasteiger partial charge in [0.15, 0.2) is 0 Å². The molecular weight excluding hydrogens is 310 g/mol. The molecule has 3 heteroatoms. The molecule has 3 aromatic rings. The summed E-state index contributed by atoms with van der Waals surface area (Å²) in [5.74, 6) is 0.313. The molecule has 1 heterocycles. The van der Waals surface area contributed by atoms with E-state index in [-0.39, 0.29) is 6.09 Å². The molecule has 0 fully saturated rings. The molecule has 0 bridgehead atoms. The first kappa shape index (κ1) is 17.3. The quantitative estimate of drug-likeness (QED) is 0.591. The van der Waals surface area contributed by atoms with E-state index in [4.69, 9.17) is 4.74 Å². The number of hydrogen-bond acceptors (Lipinski definition) is 2. The topological polar surface area (TPSA) is 31.2 Å². The van der Waals surface area contributed by atoms with Gasteiger partial charge in [0, 0.05) is 17.5 Å². The molecule has 0 amide bonds. The third-order valence-electron chi connectivity index (χ3n) is 4.32. The van der Waals surface area contributed by atoms with Crippen molar-refractivity contribution in [2.75, 3.05) is 0 Å². The van der Waals surface area contributed by atoms with E-state index in [1.54, 1.807) is 10.8 Å². The van der Waals surface area contributed by atoms with Gasteiger partial charge in [-0.1, -0.05) is 49.4 Å². The third-order valence-corrected chi connectivity index (χ3v) is 4.32. The standard InChI is InChI=1S/C22H25NO2/c1-5-19(16-9-7-6-8-10-16)18-12-11-17-13-14-23(20(17)15-18)21(24)25-22(2,3)4/h6-15,19H,5H2,1-4H3/t19-/m1/s1. The normalized spacial score (nSPS) is 13.0. The monoisotopic (exact) mass is 335 g/mol. The summed E-state index contributed by atoms with van der Waals surface area (Å²) in [6, 6.07) is 18.8. The molecule has 0 spiro atoms. The third kappa shape index (κ3) is 3.76.